The molecule has 10 heteroatoms. The maximum absolute atomic E-state index is 12.9. The van der Waals surface area contributed by atoms with E-state index in [9.17, 15) is 9.59 Å². The zero-order valence-corrected chi connectivity index (χ0v) is 21.3. The van der Waals surface area contributed by atoms with Gasteiger partial charge in [-0.3, -0.25) is 4.90 Å². The van der Waals surface area contributed by atoms with Crippen molar-refractivity contribution in [2.24, 2.45) is 0 Å². The number of oxazole rings is 1. The first-order chi connectivity index (χ1) is 16.7. The van der Waals surface area contributed by atoms with Crippen molar-refractivity contribution in [1.82, 2.24) is 14.9 Å². The summed E-state index contributed by atoms with van der Waals surface area (Å²) in [6.45, 7) is 8.96. The Kier molecular flexibility index (Phi) is 6.16. The van der Waals surface area contributed by atoms with E-state index >= 15 is 0 Å². The number of hydrogen-bond donors (Lipinski definition) is 0. The molecule has 1 aromatic carbocycles. The van der Waals surface area contributed by atoms with E-state index in [2.05, 4.69) is 9.88 Å². The lowest BCUT2D eigenvalue weighted by Crippen LogP contribution is -2.63. The van der Waals surface area contributed by atoms with Crippen LogP contribution in [0, 0.1) is 0 Å². The minimum Gasteiger partial charge on any atom is -0.462 e. The highest BCUT2D eigenvalue weighted by atomic mass is 32.1. The molecule has 0 saturated carbocycles. The Morgan fingerprint density at radius 3 is 2.57 bits per heavy atom. The molecule has 2 atom stereocenters. The topological polar surface area (TPSA) is 98.0 Å². The van der Waals surface area contributed by atoms with Crippen LogP contribution in [-0.4, -0.2) is 64.3 Å². The number of carbonyl (C=O) groups is 2. The molecule has 0 aliphatic carbocycles. The number of hydrogen-bond acceptors (Lipinski definition) is 9. The first kappa shape index (κ1) is 23.6. The van der Waals surface area contributed by atoms with Gasteiger partial charge in [-0.2, -0.15) is 4.98 Å². The lowest BCUT2D eigenvalue weighted by molar-refractivity contribution is -0.0102. The zero-order valence-electron chi connectivity index (χ0n) is 20.4. The molecule has 9 nitrogen and oxygen atoms in total. The molecule has 0 spiro atoms. The van der Waals surface area contributed by atoms with Gasteiger partial charge in [-0.05, 0) is 59.1 Å². The fraction of sp³-hybridized carbons (Fsp3) is 0.520. The molecule has 2 bridgehead atoms. The minimum atomic E-state index is -0.536. The number of benzene rings is 1. The largest absolute Gasteiger partial charge is 0.462 e. The van der Waals surface area contributed by atoms with Gasteiger partial charge in [0.25, 0.3) is 6.01 Å². The molecule has 2 aliphatic heterocycles. The van der Waals surface area contributed by atoms with Gasteiger partial charge in [0.15, 0.2) is 5.58 Å². The van der Waals surface area contributed by atoms with Crippen LogP contribution in [0.2, 0.25) is 0 Å². The number of fused-ring (bicyclic) bond motifs is 3. The number of anilines is 1. The van der Waals surface area contributed by atoms with Crippen LogP contribution in [-0.2, 0) is 9.47 Å². The van der Waals surface area contributed by atoms with E-state index in [0.29, 0.717) is 41.3 Å². The van der Waals surface area contributed by atoms with Crippen molar-refractivity contribution in [3.05, 3.63) is 29.3 Å². The van der Waals surface area contributed by atoms with Crippen LogP contribution in [0.5, 0.6) is 0 Å². The summed E-state index contributed by atoms with van der Waals surface area (Å²) in [5.41, 5.74) is 1.76. The van der Waals surface area contributed by atoms with Crippen LogP contribution in [0.25, 0.3) is 21.7 Å². The number of ether oxygens (including phenoxy) is 2. The van der Waals surface area contributed by atoms with Gasteiger partial charge in [-0.15, -0.1) is 11.3 Å². The van der Waals surface area contributed by atoms with Crippen molar-refractivity contribution >= 4 is 40.5 Å². The van der Waals surface area contributed by atoms with E-state index in [-0.39, 0.29) is 24.8 Å². The normalized spacial score (nSPS) is 20.2. The molecule has 2 unspecified atom stereocenters. The predicted molar refractivity (Wildman–Crippen MR) is 133 cm³/mol. The number of amides is 1. The smallest absolute Gasteiger partial charge is 0.410 e. The number of piperazine rings is 1. The van der Waals surface area contributed by atoms with Crippen LogP contribution in [0.4, 0.5) is 10.8 Å². The second-order valence-electron chi connectivity index (χ2n) is 9.96. The van der Waals surface area contributed by atoms with E-state index in [0.717, 1.165) is 24.3 Å². The summed E-state index contributed by atoms with van der Waals surface area (Å²) in [6.07, 6.45) is 4.35. The van der Waals surface area contributed by atoms with Crippen LogP contribution in [0.1, 0.15) is 57.3 Å². The minimum absolute atomic E-state index is 0.0286. The predicted octanol–water partition coefficient (Wildman–Crippen LogP) is 5.11. The van der Waals surface area contributed by atoms with E-state index in [4.69, 9.17) is 18.9 Å². The van der Waals surface area contributed by atoms with Crippen molar-refractivity contribution in [2.45, 2.75) is 64.6 Å². The second-order valence-corrected chi connectivity index (χ2v) is 10.9. The Morgan fingerprint density at radius 2 is 1.94 bits per heavy atom. The first-order valence-electron chi connectivity index (χ1n) is 12.0. The third-order valence-electron chi connectivity index (χ3n) is 6.25. The summed E-state index contributed by atoms with van der Waals surface area (Å²) in [5, 5.41) is 2.63. The third-order valence-corrected chi connectivity index (χ3v) is 7.06. The van der Waals surface area contributed by atoms with E-state index in [1.54, 1.807) is 25.3 Å². The molecule has 2 aromatic heterocycles. The molecule has 186 valence electrons. The lowest BCUT2D eigenvalue weighted by atomic mass is 9.92. The summed E-state index contributed by atoms with van der Waals surface area (Å²) < 4.78 is 17.2. The van der Waals surface area contributed by atoms with Gasteiger partial charge in [-0.1, -0.05) is 0 Å². The molecule has 2 saturated heterocycles. The number of esters is 1. The average Bonchev–Trinajstić information content (AvgIpc) is 3.46. The third kappa shape index (κ3) is 4.71. The van der Waals surface area contributed by atoms with Crippen LogP contribution in [0.3, 0.4) is 0 Å². The fourth-order valence-corrected chi connectivity index (χ4v) is 5.53. The average molecular weight is 499 g/mol. The molecule has 0 radical (unpaired) electrons. The highest BCUT2D eigenvalue weighted by Gasteiger charge is 2.43. The van der Waals surface area contributed by atoms with Gasteiger partial charge in [0.05, 0.1) is 29.8 Å². The van der Waals surface area contributed by atoms with Crippen molar-refractivity contribution < 1.29 is 23.5 Å². The number of thiazole rings is 1. The zero-order chi connectivity index (χ0) is 24.7. The van der Waals surface area contributed by atoms with Crippen molar-refractivity contribution in [1.29, 1.82) is 0 Å². The molecular weight excluding hydrogens is 468 g/mol. The summed E-state index contributed by atoms with van der Waals surface area (Å²) in [6, 6.07) is 4.00. The number of aromatic nitrogens is 2. The molecule has 1 amide bonds. The Morgan fingerprint density at radius 1 is 1.20 bits per heavy atom. The number of nitrogens with zero attached hydrogens (tertiary/aromatic N) is 4. The standard InChI is InChI=1S/C25H30N4O5S/c1-5-32-22(30)15-11-18(21-26-9-10-35-21)20-19(12-15)27-23(33-20)28-13-16-7-6-8-17(14-28)29(16)24(31)34-25(2,3)4/h9-12,16-17H,5-8,13-14H2,1-4H3. The molecule has 4 heterocycles. The highest BCUT2D eigenvalue weighted by molar-refractivity contribution is 7.13. The van der Waals surface area contributed by atoms with E-state index < -0.39 is 11.6 Å². The summed E-state index contributed by atoms with van der Waals surface area (Å²) in [5.74, 6) is -0.405. The molecule has 2 aliphatic rings. The van der Waals surface area contributed by atoms with E-state index in [1.807, 2.05) is 31.1 Å². The van der Waals surface area contributed by atoms with Crippen molar-refractivity contribution in [2.75, 3.05) is 24.6 Å². The van der Waals surface area contributed by atoms with Gasteiger partial charge in [0, 0.05) is 24.7 Å². The van der Waals surface area contributed by atoms with Gasteiger partial charge in [0.1, 0.15) is 16.1 Å². The second kappa shape index (κ2) is 9.14. The number of carbonyl (C=O) groups excluding carboxylic acids is 2. The van der Waals surface area contributed by atoms with Crippen LogP contribution >= 0.6 is 11.3 Å². The van der Waals surface area contributed by atoms with Crippen LogP contribution in [0.15, 0.2) is 28.1 Å². The molecule has 35 heavy (non-hydrogen) atoms. The van der Waals surface area contributed by atoms with Crippen molar-refractivity contribution in [3.8, 4) is 10.6 Å². The molecule has 5 rings (SSSR count). The Bertz CT molecular complexity index is 1220. The van der Waals surface area contributed by atoms with Gasteiger partial charge < -0.3 is 18.8 Å². The summed E-state index contributed by atoms with van der Waals surface area (Å²) >= 11 is 1.47. The monoisotopic (exact) mass is 498 g/mol. The Balaban J connectivity index is 1.47. The summed E-state index contributed by atoms with van der Waals surface area (Å²) in [4.78, 5) is 38.6. The molecular formula is C25H30N4O5S. The number of piperidine rings is 1. The SMILES string of the molecule is CCOC(=O)c1cc(-c2nccs2)c2oc(N3CC4CCCC(C3)N4C(=O)OC(C)(C)C)nc2c1. The van der Waals surface area contributed by atoms with E-state index in [1.165, 1.54) is 11.3 Å². The molecule has 3 aromatic rings. The quantitative estimate of drug-likeness (QED) is 0.458. The molecule has 2 fully saturated rings. The first-order valence-corrected chi connectivity index (χ1v) is 12.9. The number of rotatable bonds is 4. The maximum atomic E-state index is 12.9. The van der Waals surface area contributed by atoms with Gasteiger partial charge in [-0.25, -0.2) is 14.6 Å². The Labute approximate surface area is 208 Å². The summed E-state index contributed by atoms with van der Waals surface area (Å²) in [7, 11) is 0. The van der Waals surface area contributed by atoms with Crippen molar-refractivity contribution in [3.63, 3.8) is 0 Å². The highest BCUT2D eigenvalue weighted by Crippen LogP contribution is 2.37. The van der Waals surface area contributed by atoms with Gasteiger partial charge in [0.2, 0.25) is 0 Å². The lowest BCUT2D eigenvalue weighted by Gasteiger charge is -2.49. The Hall–Kier alpha value is -3.14. The van der Waals surface area contributed by atoms with Crippen LogP contribution < -0.4 is 4.90 Å². The van der Waals surface area contributed by atoms with Gasteiger partial charge >= 0.3 is 12.1 Å². The maximum Gasteiger partial charge on any atom is 0.410 e. The molecule has 0 N–H and O–H groups in total. The fourth-order valence-electron chi connectivity index (χ4n) is 4.88.